The summed E-state index contributed by atoms with van der Waals surface area (Å²) in [5, 5.41) is 11.1. The Bertz CT molecular complexity index is 693. The molecule has 0 heterocycles. The van der Waals surface area contributed by atoms with Crippen molar-refractivity contribution in [3.05, 3.63) is 58.9 Å². The predicted molar refractivity (Wildman–Crippen MR) is 76.9 cm³/mol. The monoisotopic (exact) mass is 304 g/mol. The van der Waals surface area contributed by atoms with Crippen molar-refractivity contribution in [1.82, 2.24) is 0 Å². The number of nitriles is 1. The van der Waals surface area contributed by atoms with Gasteiger partial charge >= 0.3 is 0 Å². The Hall–Kier alpha value is -2.58. The van der Waals surface area contributed by atoms with Crippen LogP contribution in [0, 0.1) is 17.1 Å². The number of carbonyl (C=O) groups is 1. The molecule has 2 aromatic rings. The molecule has 2 aromatic carbocycles. The summed E-state index contributed by atoms with van der Waals surface area (Å²) in [5.74, 6) is -1.08. The summed E-state index contributed by atoms with van der Waals surface area (Å²) >= 11 is 5.84. The summed E-state index contributed by atoms with van der Waals surface area (Å²) in [6.07, 6.45) is 0. The zero-order chi connectivity index (χ0) is 15.2. The Balaban J connectivity index is 2.26. The van der Waals surface area contributed by atoms with Crippen molar-refractivity contribution < 1.29 is 13.9 Å². The molecule has 4 nitrogen and oxygen atoms in total. The van der Waals surface area contributed by atoms with Gasteiger partial charge in [0, 0.05) is 0 Å². The number of hydrogen-bond acceptors (Lipinski definition) is 3. The fourth-order valence-electron chi connectivity index (χ4n) is 1.71. The van der Waals surface area contributed by atoms with Gasteiger partial charge in [0.2, 0.25) is 0 Å². The Morgan fingerprint density at radius 1 is 1.29 bits per heavy atom. The normalized spacial score (nSPS) is 9.76. The highest BCUT2D eigenvalue weighted by Gasteiger charge is 2.17. The van der Waals surface area contributed by atoms with Gasteiger partial charge in [-0.2, -0.15) is 5.26 Å². The molecule has 0 aliphatic carbocycles. The molecule has 21 heavy (non-hydrogen) atoms. The molecule has 0 fully saturated rings. The minimum Gasteiger partial charge on any atom is -0.477 e. The van der Waals surface area contributed by atoms with Crippen LogP contribution < -0.4 is 10.1 Å². The van der Waals surface area contributed by atoms with E-state index in [0.717, 1.165) is 6.07 Å². The molecular weight excluding hydrogens is 295 g/mol. The van der Waals surface area contributed by atoms with Crippen LogP contribution >= 0.6 is 11.6 Å². The van der Waals surface area contributed by atoms with Gasteiger partial charge < -0.3 is 10.1 Å². The molecule has 0 atom stereocenters. The van der Waals surface area contributed by atoms with Gasteiger partial charge in [-0.1, -0.05) is 29.8 Å². The maximum atomic E-state index is 13.7. The van der Waals surface area contributed by atoms with Gasteiger partial charge in [0.15, 0.2) is 6.61 Å². The Morgan fingerprint density at radius 3 is 2.76 bits per heavy atom. The minimum absolute atomic E-state index is 0.0166. The second kappa shape index (κ2) is 6.73. The number of halogens is 2. The van der Waals surface area contributed by atoms with E-state index in [1.165, 1.54) is 12.1 Å². The molecule has 0 unspecified atom stereocenters. The van der Waals surface area contributed by atoms with Gasteiger partial charge in [0.25, 0.3) is 5.91 Å². The van der Waals surface area contributed by atoms with Crippen LogP contribution in [-0.2, 0) is 0 Å². The fraction of sp³-hybridized carbons (Fsp3) is 0.0667. The summed E-state index contributed by atoms with van der Waals surface area (Å²) in [6, 6.07) is 12.4. The van der Waals surface area contributed by atoms with E-state index in [1.54, 1.807) is 24.3 Å². The van der Waals surface area contributed by atoms with Crippen LogP contribution in [0.3, 0.4) is 0 Å². The van der Waals surface area contributed by atoms with Gasteiger partial charge in [0.1, 0.15) is 17.6 Å². The lowest BCUT2D eigenvalue weighted by atomic mass is 10.2. The van der Waals surface area contributed by atoms with Crippen molar-refractivity contribution in [3.63, 3.8) is 0 Å². The first-order valence-corrected chi connectivity index (χ1v) is 6.35. The van der Waals surface area contributed by atoms with E-state index in [4.69, 9.17) is 21.6 Å². The first-order valence-electron chi connectivity index (χ1n) is 5.97. The Morgan fingerprint density at radius 2 is 2.05 bits per heavy atom. The standard InChI is InChI=1S/C15H10ClFN2O2/c16-10-4-3-5-11(17)14(10)15(20)19-12-6-1-2-7-13(12)21-9-8-18/h1-7H,9H2,(H,19,20). The van der Waals surface area contributed by atoms with Crippen LogP contribution in [0.2, 0.25) is 5.02 Å². The second-order valence-corrected chi connectivity index (χ2v) is 4.40. The van der Waals surface area contributed by atoms with Gasteiger partial charge in [-0.3, -0.25) is 4.79 Å². The van der Waals surface area contributed by atoms with Gasteiger partial charge in [-0.25, -0.2) is 4.39 Å². The first-order chi connectivity index (χ1) is 10.1. The number of para-hydroxylation sites is 2. The van der Waals surface area contributed by atoms with E-state index in [1.807, 2.05) is 6.07 Å². The van der Waals surface area contributed by atoms with Crippen molar-refractivity contribution in [2.45, 2.75) is 0 Å². The van der Waals surface area contributed by atoms with Crippen LogP contribution in [0.1, 0.15) is 10.4 Å². The molecule has 2 rings (SSSR count). The molecule has 0 radical (unpaired) electrons. The summed E-state index contributed by atoms with van der Waals surface area (Å²) in [5.41, 5.74) is 0.0892. The molecule has 6 heteroatoms. The molecule has 0 saturated heterocycles. The molecule has 0 aliphatic rings. The lowest BCUT2D eigenvalue weighted by Crippen LogP contribution is -2.15. The molecule has 1 N–H and O–H groups in total. The van der Waals surface area contributed by atoms with E-state index in [0.29, 0.717) is 11.4 Å². The predicted octanol–water partition coefficient (Wildman–Crippen LogP) is 3.63. The summed E-state index contributed by atoms with van der Waals surface area (Å²) in [6.45, 7) is -0.159. The van der Waals surface area contributed by atoms with Crippen molar-refractivity contribution >= 4 is 23.2 Å². The van der Waals surface area contributed by atoms with E-state index >= 15 is 0 Å². The van der Waals surface area contributed by atoms with Crippen LogP contribution in [0.25, 0.3) is 0 Å². The quantitative estimate of drug-likeness (QED) is 0.938. The highest BCUT2D eigenvalue weighted by Crippen LogP contribution is 2.26. The molecular formula is C15H10ClFN2O2. The van der Waals surface area contributed by atoms with Gasteiger partial charge in [0.05, 0.1) is 16.3 Å². The molecule has 0 spiro atoms. The SMILES string of the molecule is N#CCOc1ccccc1NC(=O)c1c(F)cccc1Cl. The van der Waals surface area contributed by atoms with E-state index in [2.05, 4.69) is 5.32 Å². The highest BCUT2D eigenvalue weighted by atomic mass is 35.5. The van der Waals surface area contributed by atoms with Crippen LogP contribution in [0.15, 0.2) is 42.5 Å². The number of hydrogen-bond donors (Lipinski definition) is 1. The van der Waals surface area contributed by atoms with Crippen molar-refractivity contribution in [3.8, 4) is 11.8 Å². The summed E-state index contributed by atoms with van der Waals surface area (Å²) in [4.78, 5) is 12.1. The molecule has 0 saturated carbocycles. The van der Waals surface area contributed by atoms with E-state index < -0.39 is 11.7 Å². The zero-order valence-electron chi connectivity index (χ0n) is 10.8. The lowest BCUT2D eigenvalue weighted by molar-refractivity contribution is 0.102. The number of anilines is 1. The number of nitrogens with zero attached hydrogens (tertiary/aromatic N) is 1. The van der Waals surface area contributed by atoms with Gasteiger partial charge in [-0.15, -0.1) is 0 Å². The van der Waals surface area contributed by atoms with Crippen molar-refractivity contribution in [2.24, 2.45) is 0 Å². The number of carbonyl (C=O) groups excluding carboxylic acids is 1. The average molecular weight is 305 g/mol. The maximum Gasteiger partial charge on any atom is 0.260 e. The van der Waals surface area contributed by atoms with E-state index in [9.17, 15) is 9.18 Å². The number of ether oxygens (including phenoxy) is 1. The fourth-order valence-corrected chi connectivity index (χ4v) is 1.95. The molecule has 0 aliphatic heterocycles. The number of rotatable bonds is 4. The number of nitrogens with one attached hydrogen (secondary N) is 1. The third-order valence-electron chi connectivity index (χ3n) is 2.62. The third-order valence-corrected chi connectivity index (χ3v) is 2.93. The lowest BCUT2D eigenvalue weighted by Gasteiger charge is -2.11. The summed E-state index contributed by atoms with van der Waals surface area (Å²) < 4.78 is 18.9. The highest BCUT2D eigenvalue weighted by molar-refractivity contribution is 6.34. The first kappa shape index (κ1) is 14.8. The molecule has 1 amide bonds. The van der Waals surface area contributed by atoms with Crippen molar-refractivity contribution in [1.29, 1.82) is 5.26 Å². The minimum atomic E-state index is -0.713. The van der Waals surface area contributed by atoms with Crippen LogP contribution in [0.5, 0.6) is 5.75 Å². The Labute approximate surface area is 125 Å². The number of amides is 1. The van der Waals surface area contributed by atoms with Gasteiger partial charge in [-0.05, 0) is 24.3 Å². The number of benzene rings is 2. The van der Waals surface area contributed by atoms with Crippen molar-refractivity contribution in [2.75, 3.05) is 11.9 Å². The third kappa shape index (κ3) is 3.50. The van der Waals surface area contributed by atoms with Crippen LogP contribution in [-0.4, -0.2) is 12.5 Å². The largest absolute Gasteiger partial charge is 0.477 e. The topological polar surface area (TPSA) is 62.1 Å². The maximum absolute atomic E-state index is 13.7. The second-order valence-electron chi connectivity index (χ2n) is 3.99. The summed E-state index contributed by atoms with van der Waals surface area (Å²) in [7, 11) is 0. The van der Waals surface area contributed by atoms with E-state index in [-0.39, 0.29) is 17.2 Å². The Kier molecular flexibility index (Phi) is 4.75. The molecule has 0 aromatic heterocycles. The smallest absolute Gasteiger partial charge is 0.260 e. The zero-order valence-corrected chi connectivity index (χ0v) is 11.5. The molecule has 106 valence electrons. The van der Waals surface area contributed by atoms with Crippen LogP contribution in [0.4, 0.5) is 10.1 Å². The average Bonchev–Trinajstić information content (AvgIpc) is 2.46. The molecule has 0 bridgehead atoms.